The minimum atomic E-state index is -0.0904. The second-order valence-corrected chi connectivity index (χ2v) is 7.62. The number of aromatic amines is 2. The summed E-state index contributed by atoms with van der Waals surface area (Å²) in [6.07, 6.45) is 6.01. The molecule has 126 valence electrons. The summed E-state index contributed by atoms with van der Waals surface area (Å²) in [5, 5.41) is 4.92. The van der Waals surface area contributed by atoms with E-state index in [1.165, 1.54) is 35.4 Å². The maximum absolute atomic E-state index is 11.5. The Labute approximate surface area is 151 Å². The number of nitrogens with zero attached hydrogens (tertiary/aromatic N) is 2. The van der Waals surface area contributed by atoms with E-state index in [0.29, 0.717) is 5.02 Å². The first-order valence-electron chi connectivity index (χ1n) is 8.13. The number of hydrogen-bond acceptors (Lipinski definition) is 5. The van der Waals surface area contributed by atoms with E-state index >= 15 is 0 Å². The Morgan fingerprint density at radius 2 is 2.04 bits per heavy atom. The predicted molar refractivity (Wildman–Crippen MR) is 101 cm³/mol. The third kappa shape index (κ3) is 2.42. The SMILES string of the molecule is O=c1[nH]c2cc(Cl)c(Nc3ncnc4[nH]c5c(c34)CCCC5)cc2s1. The highest BCUT2D eigenvalue weighted by Crippen LogP contribution is 2.35. The van der Waals surface area contributed by atoms with Crippen LogP contribution in [0.5, 0.6) is 0 Å². The molecule has 3 aromatic heterocycles. The molecule has 25 heavy (non-hydrogen) atoms. The molecule has 5 rings (SSSR count). The molecule has 0 fully saturated rings. The van der Waals surface area contributed by atoms with Crippen molar-refractivity contribution in [1.29, 1.82) is 0 Å². The fourth-order valence-electron chi connectivity index (χ4n) is 3.52. The van der Waals surface area contributed by atoms with Crippen molar-refractivity contribution < 1.29 is 0 Å². The Morgan fingerprint density at radius 3 is 2.96 bits per heavy atom. The first-order chi connectivity index (χ1) is 12.2. The predicted octanol–water partition coefficient (Wildman–Crippen LogP) is 4.14. The molecule has 0 aliphatic heterocycles. The van der Waals surface area contributed by atoms with Crippen LogP contribution in [0, 0.1) is 0 Å². The average Bonchev–Trinajstić information content (AvgIpc) is 3.14. The Hall–Kier alpha value is -2.38. The highest BCUT2D eigenvalue weighted by atomic mass is 35.5. The van der Waals surface area contributed by atoms with Crippen LogP contribution in [0.3, 0.4) is 0 Å². The fourth-order valence-corrected chi connectivity index (χ4v) is 4.49. The third-order valence-corrected chi connectivity index (χ3v) is 5.81. The van der Waals surface area contributed by atoms with Gasteiger partial charge in [-0.25, -0.2) is 9.97 Å². The highest BCUT2D eigenvalue weighted by Gasteiger charge is 2.20. The van der Waals surface area contributed by atoms with Gasteiger partial charge in [0.2, 0.25) is 0 Å². The minimum absolute atomic E-state index is 0.0904. The van der Waals surface area contributed by atoms with Crippen LogP contribution in [0.2, 0.25) is 5.02 Å². The molecule has 6 nitrogen and oxygen atoms in total. The number of aryl methyl sites for hydroxylation is 2. The molecule has 0 radical (unpaired) electrons. The van der Waals surface area contributed by atoms with E-state index in [0.717, 1.165) is 45.6 Å². The number of rotatable bonds is 2. The lowest BCUT2D eigenvalue weighted by molar-refractivity contribution is 0.680. The Balaban J connectivity index is 1.66. The molecule has 1 aromatic carbocycles. The summed E-state index contributed by atoms with van der Waals surface area (Å²) < 4.78 is 0.860. The number of thiazole rings is 1. The molecule has 3 heterocycles. The van der Waals surface area contributed by atoms with Crippen LogP contribution in [0.25, 0.3) is 21.3 Å². The van der Waals surface area contributed by atoms with E-state index in [1.54, 1.807) is 12.4 Å². The largest absolute Gasteiger partial charge is 0.343 e. The van der Waals surface area contributed by atoms with E-state index < -0.39 is 0 Å². The van der Waals surface area contributed by atoms with Crippen molar-refractivity contribution in [2.24, 2.45) is 0 Å². The lowest BCUT2D eigenvalue weighted by atomic mass is 9.96. The Kier molecular flexibility index (Phi) is 3.33. The van der Waals surface area contributed by atoms with Crippen LogP contribution >= 0.6 is 22.9 Å². The number of anilines is 2. The first-order valence-corrected chi connectivity index (χ1v) is 9.32. The van der Waals surface area contributed by atoms with E-state index in [9.17, 15) is 4.79 Å². The van der Waals surface area contributed by atoms with Gasteiger partial charge in [0.1, 0.15) is 17.8 Å². The van der Waals surface area contributed by atoms with Gasteiger partial charge >= 0.3 is 4.87 Å². The number of H-pyrrole nitrogens is 2. The van der Waals surface area contributed by atoms with Gasteiger partial charge in [-0.15, -0.1) is 0 Å². The summed E-state index contributed by atoms with van der Waals surface area (Å²) >= 11 is 7.56. The molecule has 0 amide bonds. The van der Waals surface area contributed by atoms with E-state index in [1.807, 2.05) is 6.07 Å². The quantitative estimate of drug-likeness (QED) is 0.494. The minimum Gasteiger partial charge on any atom is -0.343 e. The summed E-state index contributed by atoms with van der Waals surface area (Å²) in [6.45, 7) is 0. The number of nitrogens with one attached hydrogen (secondary N) is 3. The number of benzene rings is 1. The monoisotopic (exact) mass is 371 g/mol. The van der Waals surface area contributed by atoms with Crippen LogP contribution in [0.15, 0.2) is 23.3 Å². The Morgan fingerprint density at radius 1 is 1.16 bits per heavy atom. The van der Waals surface area contributed by atoms with Gasteiger partial charge < -0.3 is 15.3 Å². The van der Waals surface area contributed by atoms with Gasteiger partial charge in [-0.05, 0) is 43.4 Å². The van der Waals surface area contributed by atoms with Gasteiger partial charge in [0.05, 0.1) is 26.3 Å². The number of hydrogen-bond donors (Lipinski definition) is 3. The molecule has 3 N–H and O–H groups in total. The average molecular weight is 372 g/mol. The maximum Gasteiger partial charge on any atom is 0.305 e. The third-order valence-electron chi connectivity index (χ3n) is 4.65. The van der Waals surface area contributed by atoms with Gasteiger partial charge in [0.15, 0.2) is 0 Å². The number of aromatic nitrogens is 4. The van der Waals surface area contributed by atoms with Crippen LogP contribution in [-0.2, 0) is 12.8 Å². The second kappa shape index (κ2) is 5.57. The molecule has 8 heteroatoms. The van der Waals surface area contributed by atoms with Crippen molar-refractivity contribution in [3.05, 3.63) is 44.4 Å². The van der Waals surface area contributed by atoms with Crippen molar-refractivity contribution in [2.45, 2.75) is 25.7 Å². The maximum atomic E-state index is 11.5. The van der Waals surface area contributed by atoms with E-state index in [2.05, 4.69) is 25.3 Å². The molecular formula is C17H14ClN5OS. The van der Waals surface area contributed by atoms with Crippen molar-refractivity contribution in [3.8, 4) is 0 Å². The molecule has 1 aliphatic carbocycles. The summed E-state index contributed by atoms with van der Waals surface area (Å²) in [4.78, 5) is 26.5. The van der Waals surface area contributed by atoms with Crippen LogP contribution in [-0.4, -0.2) is 19.9 Å². The van der Waals surface area contributed by atoms with Gasteiger partial charge in [-0.2, -0.15) is 0 Å². The summed E-state index contributed by atoms with van der Waals surface area (Å²) in [7, 11) is 0. The zero-order valence-electron chi connectivity index (χ0n) is 13.1. The lowest BCUT2D eigenvalue weighted by Gasteiger charge is -2.13. The fraction of sp³-hybridized carbons (Fsp3) is 0.235. The van der Waals surface area contributed by atoms with Gasteiger partial charge in [0.25, 0.3) is 0 Å². The van der Waals surface area contributed by atoms with Gasteiger partial charge in [-0.3, -0.25) is 4.79 Å². The standard InChI is InChI=1S/C17H14ClN5OS/c18-9-5-12-13(25-17(24)23-12)6-11(9)22-16-14-8-3-1-2-4-10(8)21-15(14)19-7-20-16/h5-7H,1-4H2,(H,23,24)(H2,19,20,21,22). The molecular weight excluding hydrogens is 358 g/mol. The molecule has 4 aromatic rings. The van der Waals surface area contributed by atoms with Crippen molar-refractivity contribution in [1.82, 2.24) is 19.9 Å². The Bertz CT molecular complexity index is 1180. The summed E-state index contributed by atoms with van der Waals surface area (Å²) in [5.74, 6) is 0.744. The van der Waals surface area contributed by atoms with Crippen LogP contribution in [0.4, 0.5) is 11.5 Å². The number of halogens is 1. The molecule has 0 bridgehead atoms. The van der Waals surface area contributed by atoms with Crippen molar-refractivity contribution in [3.63, 3.8) is 0 Å². The molecule has 0 saturated heterocycles. The second-order valence-electron chi connectivity index (χ2n) is 6.20. The van der Waals surface area contributed by atoms with Crippen LogP contribution < -0.4 is 10.2 Å². The van der Waals surface area contributed by atoms with Gasteiger partial charge in [-0.1, -0.05) is 22.9 Å². The van der Waals surface area contributed by atoms with Crippen LogP contribution in [0.1, 0.15) is 24.1 Å². The summed E-state index contributed by atoms with van der Waals surface area (Å²) in [6, 6.07) is 3.65. The first kappa shape index (κ1) is 14.9. The number of fused-ring (bicyclic) bond motifs is 4. The summed E-state index contributed by atoms with van der Waals surface area (Å²) in [5.41, 5.74) is 4.89. The molecule has 0 saturated carbocycles. The van der Waals surface area contributed by atoms with E-state index in [4.69, 9.17) is 11.6 Å². The topological polar surface area (TPSA) is 86.5 Å². The zero-order valence-corrected chi connectivity index (χ0v) is 14.7. The molecule has 0 unspecified atom stereocenters. The lowest BCUT2D eigenvalue weighted by Crippen LogP contribution is -2.01. The molecule has 0 atom stereocenters. The molecule has 1 aliphatic rings. The normalized spacial score (nSPS) is 14.1. The molecule has 0 spiro atoms. The zero-order chi connectivity index (χ0) is 17.0. The van der Waals surface area contributed by atoms with Crippen molar-refractivity contribution >= 4 is 55.7 Å². The van der Waals surface area contributed by atoms with Gasteiger partial charge in [0, 0.05) is 5.69 Å². The highest BCUT2D eigenvalue weighted by molar-refractivity contribution is 7.16. The van der Waals surface area contributed by atoms with E-state index in [-0.39, 0.29) is 4.87 Å². The van der Waals surface area contributed by atoms with Crippen molar-refractivity contribution in [2.75, 3.05) is 5.32 Å². The smallest absolute Gasteiger partial charge is 0.305 e.